The summed E-state index contributed by atoms with van der Waals surface area (Å²) in [7, 11) is 0. The predicted octanol–water partition coefficient (Wildman–Crippen LogP) is 4.21. The molecule has 3 rings (SSSR count). The first-order chi connectivity index (χ1) is 12.5. The van der Waals surface area contributed by atoms with E-state index >= 15 is 0 Å². The highest BCUT2D eigenvalue weighted by atomic mass is 35.5. The number of nitrogens with one attached hydrogen (secondary N) is 1. The van der Waals surface area contributed by atoms with Crippen molar-refractivity contribution in [3.05, 3.63) is 81.4 Å². The molecular formula is C19H15ClN2O4. The number of benzene rings is 3. The molecule has 7 heteroatoms. The summed E-state index contributed by atoms with van der Waals surface area (Å²) in [5.74, 6) is 0.284. The fourth-order valence-corrected chi connectivity index (χ4v) is 2.67. The molecule has 0 saturated carbocycles. The van der Waals surface area contributed by atoms with Crippen LogP contribution >= 0.6 is 11.6 Å². The van der Waals surface area contributed by atoms with Crippen molar-refractivity contribution in [2.45, 2.75) is 0 Å². The molecule has 0 aliphatic rings. The number of hydrogen-bond donors (Lipinski definition) is 1. The van der Waals surface area contributed by atoms with Crippen molar-refractivity contribution in [3.8, 4) is 5.75 Å². The summed E-state index contributed by atoms with van der Waals surface area (Å²) in [5.41, 5.74) is -0.126. The fraction of sp³-hybridized carbons (Fsp3) is 0.105. The highest BCUT2D eigenvalue weighted by molar-refractivity contribution is 6.32. The zero-order chi connectivity index (χ0) is 18.5. The van der Waals surface area contributed by atoms with E-state index in [1.54, 1.807) is 0 Å². The number of nitro groups is 1. The van der Waals surface area contributed by atoms with Crippen LogP contribution in [-0.4, -0.2) is 24.0 Å². The Morgan fingerprint density at radius 1 is 1.08 bits per heavy atom. The average molecular weight is 371 g/mol. The molecule has 132 valence electrons. The van der Waals surface area contributed by atoms with E-state index in [-0.39, 0.29) is 29.4 Å². The first-order valence-electron chi connectivity index (χ1n) is 7.88. The third-order valence-corrected chi connectivity index (χ3v) is 4.10. The van der Waals surface area contributed by atoms with Crippen molar-refractivity contribution in [1.29, 1.82) is 0 Å². The number of rotatable bonds is 6. The van der Waals surface area contributed by atoms with Crippen molar-refractivity contribution < 1.29 is 14.5 Å². The quantitative estimate of drug-likeness (QED) is 0.400. The van der Waals surface area contributed by atoms with Gasteiger partial charge in [0.25, 0.3) is 11.6 Å². The number of carbonyl (C=O) groups is 1. The SMILES string of the molecule is O=C(NCCOc1ccc2ccccc2c1)c1ccc(Cl)c([N+](=O)[O-])c1. The molecular weight excluding hydrogens is 356 g/mol. The summed E-state index contributed by atoms with van der Waals surface area (Å²) in [6.45, 7) is 0.543. The molecule has 0 heterocycles. The van der Waals surface area contributed by atoms with Gasteiger partial charge < -0.3 is 10.1 Å². The monoisotopic (exact) mass is 370 g/mol. The highest BCUT2D eigenvalue weighted by Crippen LogP contribution is 2.25. The van der Waals surface area contributed by atoms with E-state index < -0.39 is 10.8 Å². The first-order valence-corrected chi connectivity index (χ1v) is 8.26. The van der Waals surface area contributed by atoms with E-state index in [0.29, 0.717) is 5.75 Å². The molecule has 0 radical (unpaired) electrons. The summed E-state index contributed by atoms with van der Waals surface area (Å²) in [6.07, 6.45) is 0. The predicted molar refractivity (Wildman–Crippen MR) is 99.9 cm³/mol. The number of halogens is 1. The topological polar surface area (TPSA) is 81.5 Å². The Labute approximate surface area is 154 Å². The lowest BCUT2D eigenvalue weighted by atomic mass is 10.1. The van der Waals surface area contributed by atoms with Gasteiger partial charge in [0.2, 0.25) is 0 Å². The normalized spacial score (nSPS) is 10.5. The van der Waals surface area contributed by atoms with Gasteiger partial charge in [-0.2, -0.15) is 0 Å². The number of fused-ring (bicyclic) bond motifs is 1. The van der Waals surface area contributed by atoms with Crippen molar-refractivity contribution >= 4 is 34.0 Å². The van der Waals surface area contributed by atoms with Gasteiger partial charge >= 0.3 is 0 Å². The van der Waals surface area contributed by atoms with E-state index in [1.165, 1.54) is 12.1 Å². The Hall–Kier alpha value is -3.12. The molecule has 0 aliphatic heterocycles. The lowest BCUT2D eigenvalue weighted by Gasteiger charge is -2.09. The zero-order valence-electron chi connectivity index (χ0n) is 13.6. The maximum Gasteiger partial charge on any atom is 0.288 e. The Morgan fingerprint density at radius 2 is 1.85 bits per heavy atom. The molecule has 3 aromatic rings. The number of carbonyl (C=O) groups excluding carboxylic acids is 1. The molecule has 1 amide bonds. The molecule has 0 unspecified atom stereocenters. The van der Waals surface area contributed by atoms with E-state index in [4.69, 9.17) is 16.3 Å². The molecule has 0 aromatic heterocycles. The molecule has 0 saturated heterocycles. The summed E-state index contributed by atoms with van der Waals surface area (Å²) in [4.78, 5) is 22.3. The molecule has 0 bridgehead atoms. The first kappa shape index (κ1) is 17.7. The van der Waals surface area contributed by atoms with Gasteiger partial charge in [-0.15, -0.1) is 0 Å². The van der Waals surface area contributed by atoms with Crippen LogP contribution < -0.4 is 10.1 Å². The lowest BCUT2D eigenvalue weighted by molar-refractivity contribution is -0.384. The maximum absolute atomic E-state index is 12.1. The van der Waals surface area contributed by atoms with E-state index in [1.807, 2.05) is 42.5 Å². The number of ether oxygens (including phenoxy) is 1. The van der Waals surface area contributed by atoms with Crippen LogP contribution in [-0.2, 0) is 0 Å². The Balaban J connectivity index is 1.55. The van der Waals surface area contributed by atoms with Gasteiger partial charge in [-0.25, -0.2) is 0 Å². The second-order valence-electron chi connectivity index (χ2n) is 5.54. The Kier molecular flexibility index (Phi) is 5.34. The van der Waals surface area contributed by atoms with Gasteiger partial charge in [0.1, 0.15) is 17.4 Å². The van der Waals surface area contributed by atoms with Crippen molar-refractivity contribution in [3.63, 3.8) is 0 Å². The number of nitro benzene ring substituents is 1. The van der Waals surface area contributed by atoms with Crippen LogP contribution in [0.15, 0.2) is 60.7 Å². The maximum atomic E-state index is 12.1. The van der Waals surface area contributed by atoms with E-state index in [2.05, 4.69) is 5.32 Å². The smallest absolute Gasteiger partial charge is 0.288 e. The van der Waals surface area contributed by atoms with Crippen LogP contribution in [0.2, 0.25) is 5.02 Å². The van der Waals surface area contributed by atoms with Crippen molar-refractivity contribution in [2.24, 2.45) is 0 Å². The van der Waals surface area contributed by atoms with Gasteiger partial charge in [0.05, 0.1) is 11.5 Å². The van der Waals surface area contributed by atoms with Crippen molar-refractivity contribution in [2.75, 3.05) is 13.2 Å². The average Bonchev–Trinajstić information content (AvgIpc) is 2.65. The minimum absolute atomic E-state index is 0.00816. The van der Waals surface area contributed by atoms with Gasteiger partial charge in [-0.1, -0.05) is 41.9 Å². The number of nitrogens with zero attached hydrogens (tertiary/aromatic N) is 1. The Bertz CT molecular complexity index is 975. The largest absolute Gasteiger partial charge is 0.492 e. The minimum Gasteiger partial charge on any atom is -0.492 e. The second-order valence-corrected chi connectivity index (χ2v) is 5.94. The third-order valence-electron chi connectivity index (χ3n) is 3.78. The second kappa shape index (κ2) is 7.84. The molecule has 6 nitrogen and oxygen atoms in total. The molecule has 1 N–H and O–H groups in total. The summed E-state index contributed by atoms with van der Waals surface area (Å²) in [5, 5.41) is 15.7. The van der Waals surface area contributed by atoms with Crippen molar-refractivity contribution in [1.82, 2.24) is 5.32 Å². The number of hydrogen-bond acceptors (Lipinski definition) is 4. The van der Waals surface area contributed by atoms with Gasteiger partial charge in [0, 0.05) is 11.6 Å². The van der Waals surface area contributed by atoms with Gasteiger partial charge in [-0.05, 0) is 35.0 Å². The van der Waals surface area contributed by atoms with Crippen LogP contribution in [0.3, 0.4) is 0 Å². The summed E-state index contributed by atoms with van der Waals surface area (Å²) in [6, 6.07) is 17.6. The zero-order valence-corrected chi connectivity index (χ0v) is 14.4. The summed E-state index contributed by atoms with van der Waals surface area (Å²) < 4.78 is 5.64. The number of amides is 1. The molecule has 0 atom stereocenters. The Morgan fingerprint density at radius 3 is 2.62 bits per heavy atom. The van der Waals surface area contributed by atoms with E-state index in [9.17, 15) is 14.9 Å². The highest BCUT2D eigenvalue weighted by Gasteiger charge is 2.16. The van der Waals surface area contributed by atoms with Crippen LogP contribution in [0, 0.1) is 10.1 Å². The molecule has 26 heavy (non-hydrogen) atoms. The van der Waals surface area contributed by atoms with E-state index in [0.717, 1.165) is 16.8 Å². The van der Waals surface area contributed by atoms with Crippen LogP contribution in [0.4, 0.5) is 5.69 Å². The van der Waals surface area contributed by atoms with Crippen LogP contribution in [0.1, 0.15) is 10.4 Å². The summed E-state index contributed by atoms with van der Waals surface area (Å²) >= 11 is 5.74. The fourth-order valence-electron chi connectivity index (χ4n) is 2.49. The molecule has 0 aliphatic carbocycles. The molecule has 0 spiro atoms. The minimum atomic E-state index is -0.623. The standard InChI is InChI=1S/C19H15ClN2O4/c20-17-8-6-15(12-18(17)22(24)25)19(23)21-9-10-26-16-7-5-13-3-1-2-4-14(13)11-16/h1-8,11-12H,9-10H2,(H,21,23). The van der Waals surface area contributed by atoms with Crippen LogP contribution in [0.5, 0.6) is 5.75 Å². The van der Waals surface area contributed by atoms with Gasteiger partial charge in [0.15, 0.2) is 0 Å². The molecule has 0 fully saturated rings. The molecule has 3 aromatic carbocycles. The third kappa shape index (κ3) is 4.10. The van der Waals surface area contributed by atoms with Crippen LogP contribution in [0.25, 0.3) is 10.8 Å². The van der Waals surface area contributed by atoms with Gasteiger partial charge in [-0.3, -0.25) is 14.9 Å². The lowest BCUT2D eigenvalue weighted by Crippen LogP contribution is -2.28.